The predicted molar refractivity (Wildman–Crippen MR) is 278 cm³/mol. The number of aliphatic carboxylic acids is 1. The lowest BCUT2D eigenvalue weighted by Gasteiger charge is -2.34. The molecule has 0 radical (unpaired) electrons. The average molecular weight is 1070 g/mol. The maximum Gasteiger partial charge on any atom is 0.352 e. The Labute approximate surface area is 440 Å². The number of nitrogens with two attached hydrogens (primary N) is 6. The Balaban J connectivity index is 1.84. The number of nitrogens with one attached hydrogen (secondary N) is 9. The van der Waals surface area contributed by atoms with Gasteiger partial charge in [-0.3, -0.25) is 43.8 Å². The van der Waals surface area contributed by atoms with Crippen molar-refractivity contribution in [3.63, 3.8) is 0 Å². The van der Waals surface area contributed by atoms with E-state index in [4.69, 9.17) is 39.8 Å². The molecule has 0 bridgehead atoms. The Kier molecular flexibility index (Phi) is 27.7. The summed E-state index contributed by atoms with van der Waals surface area (Å²) in [5, 5.41) is 45.0. The fourth-order valence-corrected chi connectivity index (χ4v) is 8.82. The SMILES string of the molecule is C[C@H](NC(=O)[C@@H](NC(=O)[C@@H](N)CCCCN)[C@@H](O)CN)C(=O)NCC(=O)/N=C(\CCCN)C(=O)N1C2CCCCC2C[C@H]1C(=O)N[C@@H](Cc1cnc[nH]1)C(=O)N[C@@H](CCCCN)C(=O)N/C(=C\CCNC(=N)N)C(=O)O. The fraction of sp³-hybridized carbons (Fsp3) is 0.660. The van der Waals surface area contributed by atoms with Crippen molar-refractivity contribution in [3.05, 3.63) is 30.0 Å². The Morgan fingerprint density at radius 3 is 2.17 bits per heavy atom. The lowest BCUT2D eigenvalue weighted by Crippen LogP contribution is -2.60. The minimum atomic E-state index is -1.57. The molecule has 1 aliphatic carbocycles. The maximum atomic E-state index is 14.7. The van der Waals surface area contributed by atoms with Crippen LogP contribution in [0.15, 0.2) is 29.3 Å². The normalized spacial score (nSPS) is 18.8. The number of aromatic nitrogens is 2. The van der Waals surface area contributed by atoms with Crippen LogP contribution < -0.4 is 71.6 Å². The van der Waals surface area contributed by atoms with Crippen molar-refractivity contribution in [1.82, 2.24) is 52.1 Å². The van der Waals surface area contributed by atoms with E-state index in [9.17, 15) is 53.4 Å². The van der Waals surface area contributed by atoms with E-state index in [1.54, 1.807) is 0 Å². The number of carboxylic acid groups (broad SMARTS) is 1. The summed E-state index contributed by atoms with van der Waals surface area (Å²) in [7, 11) is 0. The lowest BCUT2D eigenvalue weighted by atomic mass is 9.84. The molecule has 76 heavy (non-hydrogen) atoms. The van der Waals surface area contributed by atoms with Crippen LogP contribution in [0.5, 0.6) is 0 Å². The van der Waals surface area contributed by atoms with Crippen LogP contribution in [0, 0.1) is 11.3 Å². The highest BCUT2D eigenvalue weighted by molar-refractivity contribution is 6.40. The third kappa shape index (κ3) is 20.7. The van der Waals surface area contributed by atoms with Gasteiger partial charge < -0.3 is 91.7 Å². The first-order valence-corrected chi connectivity index (χ1v) is 25.7. The summed E-state index contributed by atoms with van der Waals surface area (Å²) in [6.07, 6.45) is 7.86. The fourth-order valence-electron chi connectivity index (χ4n) is 8.82. The van der Waals surface area contributed by atoms with Crippen LogP contribution in [0.25, 0.3) is 0 Å². The lowest BCUT2D eigenvalue weighted by molar-refractivity contribution is -0.138. The number of guanidine groups is 1. The van der Waals surface area contributed by atoms with Crippen molar-refractivity contribution in [3.8, 4) is 0 Å². The summed E-state index contributed by atoms with van der Waals surface area (Å²) in [6, 6.07) is -8.14. The second-order valence-electron chi connectivity index (χ2n) is 18.8. The zero-order valence-electron chi connectivity index (χ0n) is 43.2. The van der Waals surface area contributed by atoms with Gasteiger partial charge in [0.1, 0.15) is 41.6 Å². The van der Waals surface area contributed by atoms with E-state index in [1.165, 1.54) is 30.4 Å². The molecule has 1 aliphatic heterocycles. The van der Waals surface area contributed by atoms with E-state index in [0.717, 1.165) is 12.8 Å². The molecule has 29 heteroatoms. The van der Waals surface area contributed by atoms with Crippen LogP contribution in [0.3, 0.4) is 0 Å². The highest BCUT2D eigenvalue weighted by Crippen LogP contribution is 2.40. The van der Waals surface area contributed by atoms with Crippen LogP contribution in [-0.2, 0) is 49.6 Å². The van der Waals surface area contributed by atoms with Gasteiger partial charge in [-0.1, -0.05) is 25.3 Å². The Bertz CT molecular complexity index is 2190. The number of carboxylic acids is 1. The molecule has 1 saturated carbocycles. The van der Waals surface area contributed by atoms with Crippen molar-refractivity contribution in [2.75, 3.05) is 39.3 Å². The van der Waals surface area contributed by atoms with Gasteiger partial charge in [-0.05, 0) is 103 Å². The number of amides is 8. The summed E-state index contributed by atoms with van der Waals surface area (Å²) in [4.78, 5) is 134. The number of H-pyrrole nitrogens is 1. The average Bonchev–Trinajstić information content (AvgIpc) is 4.06. The molecule has 2 heterocycles. The van der Waals surface area contributed by atoms with Gasteiger partial charge in [0, 0.05) is 37.4 Å². The van der Waals surface area contributed by atoms with Crippen molar-refractivity contribution in [1.29, 1.82) is 5.41 Å². The van der Waals surface area contributed by atoms with Crippen molar-refractivity contribution in [2.24, 2.45) is 45.3 Å². The Morgan fingerprint density at radius 1 is 0.855 bits per heavy atom. The number of unbranched alkanes of at least 4 members (excludes halogenated alkanes) is 2. The largest absolute Gasteiger partial charge is 0.477 e. The summed E-state index contributed by atoms with van der Waals surface area (Å²) >= 11 is 0. The zero-order valence-corrected chi connectivity index (χ0v) is 43.2. The molecule has 0 aromatic carbocycles. The molecule has 1 aromatic heterocycles. The standard InChI is InChI=1S/C47H80N18O11/c1-26(59-44(73)38(36(66)22-51)64-40(69)29(52)11-4-6-16-48)39(68)57-24-37(67)60-31(13-8-18-50)45(74)65-34-15-3-2-10-27(34)20-35(65)43(72)63-33(21-28-23-55-25-58-28)42(71)61-30(12-5-7-17-49)41(70)62-32(46(75)76)14-9-19-56-47(53)54/h14,23,25-27,29-30,33-36,38,66H,2-13,15-22,24,48-52H2,1H3,(H,55,58)(H,57,68)(H,59,73)(H,61,71)(H,62,70)(H,63,72)(H,64,69)(H,75,76)(H4,53,54,56)/b32-14-,60-31+/t26-,27?,29-,30-,33-,34?,35-,36-,38-/m0/s1. The molecule has 424 valence electrons. The van der Waals surface area contributed by atoms with Crippen LogP contribution >= 0.6 is 0 Å². The van der Waals surface area contributed by atoms with E-state index in [2.05, 4.69) is 52.2 Å². The van der Waals surface area contributed by atoms with Crippen molar-refractivity contribution >= 4 is 64.9 Å². The summed E-state index contributed by atoms with van der Waals surface area (Å²) in [6.45, 7) is 1.02. The third-order valence-electron chi connectivity index (χ3n) is 12.9. The molecule has 29 nitrogen and oxygen atoms in total. The minimum absolute atomic E-state index is 0.0454. The summed E-state index contributed by atoms with van der Waals surface area (Å²) in [5.41, 5.74) is 33.6. The number of aromatic amines is 1. The molecular formula is C47H80N18O11. The van der Waals surface area contributed by atoms with E-state index in [-0.39, 0.29) is 82.2 Å². The molecule has 3 rings (SSSR count). The molecule has 23 N–H and O–H groups in total. The van der Waals surface area contributed by atoms with Gasteiger partial charge in [-0.15, -0.1) is 0 Å². The third-order valence-corrected chi connectivity index (χ3v) is 12.9. The monoisotopic (exact) mass is 1070 g/mol. The van der Waals surface area contributed by atoms with Gasteiger partial charge >= 0.3 is 5.97 Å². The quantitative estimate of drug-likeness (QED) is 0.0135. The molecule has 8 amide bonds. The van der Waals surface area contributed by atoms with E-state index in [0.29, 0.717) is 50.8 Å². The van der Waals surface area contributed by atoms with E-state index < -0.39 is 120 Å². The molecule has 2 aliphatic rings. The number of nitrogens with zero attached hydrogens (tertiary/aromatic N) is 3. The summed E-state index contributed by atoms with van der Waals surface area (Å²) in [5.74, 6) is -8.49. The summed E-state index contributed by atoms with van der Waals surface area (Å²) < 4.78 is 0. The molecule has 1 aromatic rings. The van der Waals surface area contributed by atoms with Crippen molar-refractivity contribution in [2.45, 2.75) is 152 Å². The number of hydrogen-bond acceptors (Lipinski definition) is 17. The van der Waals surface area contributed by atoms with Gasteiger partial charge in [-0.25, -0.2) is 14.8 Å². The number of aliphatic imine (C=N–C) groups is 1. The number of imidazole rings is 1. The number of aliphatic hydroxyl groups excluding tert-OH is 1. The molecular weight excluding hydrogens is 993 g/mol. The van der Waals surface area contributed by atoms with E-state index in [1.807, 2.05) is 0 Å². The number of carbonyl (C=O) groups is 9. The first kappa shape index (κ1) is 63.4. The molecule has 0 spiro atoms. The highest BCUT2D eigenvalue weighted by Gasteiger charge is 2.49. The second-order valence-corrected chi connectivity index (χ2v) is 18.8. The van der Waals surface area contributed by atoms with Gasteiger partial charge in [-0.2, -0.15) is 0 Å². The van der Waals surface area contributed by atoms with Gasteiger partial charge in [0.15, 0.2) is 5.96 Å². The molecule has 1 saturated heterocycles. The van der Waals surface area contributed by atoms with Gasteiger partial charge in [0.25, 0.3) is 11.8 Å². The molecule has 9 atom stereocenters. The smallest absolute Gasteiger partial charge is 0.352 e. The van der Waals surface area contributed by atoms with Gasteiger partial charge in [0.05, 0.1) is 25.0 Å². The molecule has 2 fully saturated rings. The topological polar surface area (TPSA) is 503 Å². The Morgan fingerprint density at radius 2 is 1.54 bits per heavy atom. The van der Waals surface area contributed by atoms with Gasteiger partial charge in [0.2, 0.25) is 35.4 Å². The number of likely N-dealkylation sites (tertiary alicyclic amines) is 1. The predicted octanol–water partition coefficient (Wildman–Crippen LogP) is -5.24. The number of fused-ring (bicyclic) bond motifs is 1. The Hall–Kier alpha value is -6.92. The number of rotatable bonds is 33. The van der Waals surface area contributed by atoms with Crippen molar-refractivity contribution < 1.29 is 53.4 Å². The number of aliphatic hydroxyl groups is 1. The van der Waals surface area contributed by atoms with Crippen LogP contribution in [-0.4, -0.2) is 178 Å². The zero-order chi connectivity index (χ0) is 56.3. The van der Waals surface area contributed by atoms with Crippen LogP contribution in [0.2, 0.25) is 0 Å². The minimum Gasteiger partial charge on any atom is -0.477 e. The first-order valence-electron chi connectivity index (χ1n) is 25.7. The van der Waals surface area contributed by atoms with E-state index >= 15 is 0 Å². The second kappa shape index (κ2) is 33.2. The maximum absolute atomic E-state index is 14.7. The molecule has 2 unspecified atom stereocenters. The number of hydrogen-bond donors (Lipinski definition) is 17. The van der Waals surface area contributed by atoms with Crippen LogP contribution in [0.1, 0.15) is 103 Å². The first-order chi connectivity index (χ1) is 36.3. The number of carbonyl (C=O) groups excluding carboxylic acids is 8. The van der Waals surface area contributed by atoms with Crippen LogP contribution in [0.4, 0.5) is 0 Å². The highest BCUT2D eigenvalue weighted by atomic mass is 16.4.